The van der Waals surface area contributed by atoms with Crippen molar-refractivity contribution in [3.05, 3.63) is 0 Å². The topological polar surface area (TPSA) is 38.5 Å². The molecule has 0 spiro atoms. The molecular formula is C12H26N2O. The second-order valence-electron chi connectivity index (χ2n) is 6.10. The number of morpholine rings is 1. The monoisotopic (exact) mass is 214 g/mol. The molecule has 1 rings (SSSR count). The first kappa shape index (κ1) is 12.9. The van der Waals surface area contributed by atoms with Crippen LogP contribution in [0.5, 0.6) is 0 Å². The van der Waals surface area contributed by atoms with Gasteiger partial charge in [-0.15, -0.1) is 0 Å². The van der Waals surface area contributed by atoms with E-state index in [0.29, 0.717) is 0 Å². The Morgan fingerprint density at radius 3 is 2.53 bits per heavy atom. The zero-order valence-corrected chi connectivity index (χ0v) is 10.8. The first-order chi connectivity index (χ1) is 6.73. The van der Waals surface area contributed by atoms with E-state index in [9.17, 15) is 0 Å². The second kappa shape index (κ2) is 4.40. The molecule has 1 fully saturated rings. The van der Waals surface area contributed by atoms with Crippen molar-refractivity contribution < 1.29 is 4.74 Å². The van der Waals surface area contributed by atoms with Crippen molar-refractivity contribution in [2.45, 2.75) is 46.3 Å². The van der Waals surface area contributed by atoms with Gasteiger partial charge in [0.25, 0.3) is 0 Å². The van der Waals surface area contributed by atoms with Gasteiger partial charge in [-0.3, -0.25) is 4.90 Å². The Hall–Kier alpha value is -0.120. The minimum absolute atomic E-state index is 0.00777. The third-order valence-corrected chi connectivity index (χ3v) is 3.37. The maximum atomic E-state index is 6.00. The summed E-state index contributed by atoms with van der Waals surface area (Å²) in [5, 5.41) is 0. The summed E-state index contributed by atoms with van der Waals surface area (Å²) < 4.78 is 5.70. The lowest BCUT2D eigenvalue weighted by atomic mass is 9.85. The summed E-state index contributed by atoms with van der Waals surface area (Å²) in [5.41, 5.74) is 6.16. The van der Waals surface area contributed by atoms with Gasteiger partial charge in [0.2, 0.25) is 0 Å². The molecule has 0 aromatic carbocycles. The number of nitrogens with zero attached hydrogens (tertiary/aromatic N) is 1. The van der Waals surface area contributed by atoms with Gasteiger partial charge in [0, 0.05) is 25.7 Å². The average molecular weight is 214 g/mol. The molecule has 1 heterocycles. The molecule has 1 unspecified atom stereocenters. The first-order valence-corrected chi connectivity index (χ1v) is 5.85. The Morgan fingerprint density at radius 1 is 1.47 bits per heavy atom. The lowest BCUT2D eigenvalue weighted by molar-refractivity contribution is -0.0935. The Labute approximate surface area is 94.0 Å². The largest absolute Gasteiger partial charge is 0.373 e. The van der Waals surface area contributed by atoms with Gasteiger partial charge in [0.1, 0.15) is 0 Å². The highest BCUT2D eigenvalue weighted by Gasteiger charge is 2.32. The molecule has 0 saturated carbocycles. The van der Waals surface area contributed by atoms with E-state index in [-0.39, 0.29) is 17.1 Å². The summed E-state index contributed by atoms with van der Waals surface area (Å²) in [6, 6.07) is 0.225. The summed E-state index contributed by atoms with van der Waals surface area (Å²) in [6.45, 7) is 14.8. The fourth-order valence-electron chi connectivity index (χ4n) is 1.97. The molecule has 0 aliphatic carbocycles. The van der Waals surface area contributed by atoms with Crippen LogP contribution in [0.1, 0.15) is 34.6 Å². The summed E-state index contributed by atoms with van der Waals surface area (Å²) in [7, 11) is 0. The molecule has 0 aromatic rings. The van der Waals surface area contributed by atoms with Gasteiger partial charge in [-0.1, -0.05) is 13.8 Å². The summed E-state index contributed by atoms with van der Waals surface area (Å²) in [6.07, 6.45) is 0. The van der Waals surface area contributed by atoms with E-state index >= 15 is 0 Å². The maximum Gasteiger partial charge on any atom is 0.0753 e. The quantitative estimate of drug-likeness (QED) is 0.773. The third kappa shape index (κ3) is 3.74. The van der Waals surface area contributed by atoms with E-state index in [2.05, 4.69) is 39.5 Å². The molecule has 15 heavy (non-hydrogen) atoms. The molecular weight excluding hydrogens is 188 g/mol. The minimum Gasteiger partial charge on any atom is -0.373 e. The van der Waals surface area contributed by atoms with Crippen LogP contribution in [0.15, 0.2) is 0 Å². The molecule has 1 aliphatic rings. The number of nitrogens with two attached hydrogens (primary N) is 1. The van der Waals surface area contributed by atoms with Crippen LogP contribution >= 0.6 is 0 Å². The minimum atomic E-state index is -0.00777. The van der Waals surface area contributed by atoms with Crippen LogP contribution < -0.4 is 5.73 Å². The number of hydrogen-bond acceptors (Lipinski definition) is 3. The van der Waals surface area contributed by atoms with E-state index in [1.807, 2.05) is 0 Å². The number of hydrogen-bond donors (Lipinski definition) is 1. The van der Waals surface area contributed by atoms with Gasteiger partial charge < -0.3 is 10.5 Å². The lowest BCUT2D eigenvalue weighted by Gasteiger charge is -2.42. The van der Waals surface area contributed by atoms with Crippen LogP contribution in [0.4, 0.5) is 0 Å². The zero-order valence-electron chi connectivity index (χ0n) is 10.8. The molecule has 90 valence electrons. The predicted octanol–water partition coefficient (Wildman–Crippen LogP) is 1.47. The fourth-order valence-corrected chi connectivity index (χ4v) is 1.97. The summed E-state index contributed by atoms with van der Waals surface area (Å²) >= 11 is 0. The van der Waals surface area contributed by atoms with Crippen molar-refractivity contribution in [1.29, 1.82) is 0 Å². The molecule has 1 saturated heterocycles. The Morgan fingerprint density at radius 2 is 2.07 bits per heavy atom. The molecule has 3 heteroatoms. The normalized spacial score (nSPS) is 25.2. The van der Waals surface area contributed by atoms with E-state index in [1.54, 1.807) is 0 Å². The van der Waals surface area contributed by atoms with E-state index in [0.717, 1.165) is 26.2 Å². The highest BCUT2D eigenvalue weighted by molar-refractivity contribution is 4.86. The van der Waals surface area contributed by atoms with E-state index in [1.165, 1.54) is 0 Å². The lowest BCUT2D eigenvalue weighted by Crippen LogP contribution is -2.53. The maximum absolute atomic E-state index is 6.00. The second-order valence-corrected chi connectivity index (χ2v) is 6.10. The van der Waals surface area contributed by atoms with Crippen molar-refractivity contribution in [3.8, 4) is 0 Å². The molecule has 0 radical (unpaired) electrons. The van der Waals surface area contributed by atoms with Gasteiger partial charge >= 0.3 is 0 Å². The third-order valence-electron chi connectivity index (χ3n) is 3.37. The smallest absolute Gasteiger partial charge is 0.0753 e. The molecule has 1 aliphatic heterocycles. The van der Waals surface area contributed by atoms with Gasteiger partial charge in [-0.25, -0.2) is 0 Å². The number of ether oxygens (including phenoxy) is 1. The van der Waals surface area contributed by atoms with Crippen molar-refractivity contribution in [1.82, 2.24) is 4.90 Å². The average Bonchev–Trinajstić information content (AvgIpc) is 2.00. The summed E-state index contributed by atoms with van der Waals surface area (Å²) in [4.78, 5) is 2.47. The van der Waals surface area contributed by atoms with Crippen molar-refractivity contribution in [2.24, 2.45) is 11.1 Å². The highest BCUT2D eigenvalue weighted by Crippen LogP contribution is 2.24. The van der Waals surface area contributed by atoms with Crippen LogP contribution in [0.2, 0.25) is 0 Å². The standard InChI is InChI=1S/C12H26N2O/c1-10(13)11(2,3)8-14-6-7-15-12(4,5)9-14/h10H,6-9,13H2,1-5H3. The van der Waals surface area contributed by atoms with Gasteiger partial charge in [0.15, 0.2) is 0 Å². The number of rotatable bonds is 3. The van der Waals surface area contributed by atoms with Gasteiger partial charge in [-0.2, -0.15) is 0 Å². The summed E-state index contributed by atoms with van der Waals surface area (Å²) in [5.74, 6) is 0. The fraction of sp³-hybridized carbons (Fsp3) is 1.00. The molecule has 3 nitrogen and oxygen atoms in total. The predicted molar refractivity (Wildman–Crippen MR) is 63.9 cm³/mol. The molecule has 2 N–H and O–H groups in total. The SMILES string of the molecule is CC(N)C(C)(C)CN1CCOC(C)(C)C1. The molecule has 1 atom stereocenters. The first-order valence-electron chi connectivity index (χ1n) is 5.85. The zero-order chi connectivity index (χ0) is 11.7. The van der Waals surface area contributed by atoms with Crippen LogP contribution in [0, 0.1) is 5.41 Å². The van der Waals surface area contributed by atoms with E-state index in [4.69, 9.17) is 10.5 Å². The van der Waals surface area contributed by atoms with Crippen molar-refractivity contribution >= 4 is 0 Å². The van der Waals surface area contributed by atoms with Crippen LogP contribution in [0.25, 0.3) is 0 Å². The Bertz CT molecular complexity index is 212. The van der Waals surface area contributed by atoms with Crippen molar-refractivity contribution in [3.63, 3.8) is 0 Å². The molecule has 0 bridgehead atoms. The van der Waals surface area contributed by atoms with Crippen LogP contribution in [0.3, 0.4) is 0 Å². The van der Waals surface area contributed by atoms with Crippen molar-refractivity contribution in [2.75, 3.05) is 26.2 Å². The van der Waals surface area contributed by atoms with Gasteiger partial charge in [0.05, 0.1) is 12.2 Å². The molecule has 0 aromatic heterocycles. The van der Waals surface area contributed by atoms with Crippen LogP contribution in [-0.2, 0) is 4.74 Å². The van der Waals surface area contributed by atoms with Crippen LogP contribution in [-0.4, -0.2) is 42.8 Å². The van der Waals surface area contributed by atoms with Gasteiger partial charge in [-0.05, 0) is 26.2 Å². The molecule has 0 amide bonds. The Kier molecular flexibility index (Phi) is 3.80. The van der Waals surface area contributed by atoms with E-state index < -0.39 is 0 Å². The Balaban J connectivity index is 2.52. The highest BCUT2D eigenvalue weighted by atomic mass is 16.5.